The number of hydrogen-bond donors (Lipinski definition) is 1. The molecule has 0 aliphatic carbocycles. The quantitative estimate of drug-likeness (QED) is 0.944. The Morgan fingerprint density at radius 1 is 1.10 bits per heavy atom. The number of sulfonamides is 1. The van der Waals surface area contributed by atoms with Crippen LogP contribution in [0.3, 0.4) is 0 Å². The van der Waals surface area contributed by atoms with Crippen molar-refractivity contribution < 1.29 is 13.2 Å². The molecule has 4 nitrogen and oxygen atoms in total. The van der Waals surface area contributed by atoms with Crippen molar-refractivity contribution in [3.63, 3.8) is 0 Å². The van der Waals surface area contributed by atoms with Gasteiger partial charge in [-0.2, -0.15) is 4.72 Å². The summed E-state index contributed by atoms with van der Waals surface area (Å²) in [6.45, 7) is 0. The number of hydrogen-bond acceptors (Lipinski definition) is 4. The van der Waals surface area contributed by atoms with Gasteiger partial charge in [0.25, 0.3) is 0 Å². The second-order valence-electron chi connectivity index (χ2n) is 4.64. The van der Waals surface area contributed by atoms with Crippen molar-refractivity contribution in [3.05, 3.63) is 42.5 Å². The zero-order chi connectivity index (χ0) is 14.2. The second kappa shape index (κ2) is 5.20. The Labute approximate surface area is 121 Å². The molecule has 0 saturated carbocycles. The SMILES string of the molecule is O=C1SCCC1NS(=O)(=O)c1ccc2ccccc2c1. The fourth-order valence-corrected chi connectivity index (χ4v) is 4.46. The highest BCUT2D eigenvalue weighted by molar-refractivity contribution is 8.14. The third kappa shape index (κ3) is 2.59. The van der Waals surface area contributed by atoms with Gasteiger partial charge >= 0.3 is 0 Å². The highest BCUT2D eigenvalue weighted by Gasteiger charge is 2.30. The second-order valence-corrected chi connectivity index (χ2v) is 7.45. The smallest absolute Gasteiger partial charge is 0.241 e. The van der Waals surface area contributed by atoms with Gasteiger partial charge in [-0.3, -0.25) is 4.79 Å². The first-order valence-corrected chi connectivity index (χ1v) is 8.71. The van der Waals surface area contributed by atoms with E-state index in [0.717, 1.165) is 10.8 Å². The topological polar surface area (TPSA) is 63.2 Å². The molecule has 0 spiro atoms. The Bertz CT molecular complexity index is 771. The zero-order valence-electron chi connectivity index (χ0n) is 10.6. The first kappa shape index (κ1) is 13.6. The molecule has 104 valence electrons. The van der Waals surface area contributed by atoms with Gasteiger partial charge in [-0.25, -0.2) is 8.42 Å². The molecule has 1 heterocycles. The molecule has 0 aromatic heterocycles. The fourth-order valence-electron chi connectivity index (χ4n) is 2.19. The normalized spacial score (nSPS) is 19.6. The maximum absolute atomic E-state index is 12.3. The fraction of sp³-hybridized carbons (Fsp3) is 0.214. The van der Waals surface area contributed by atoms with Crippen LogP contribution in [0, 0.1) is 0 Å². The van der Waals surface area contributed by atoms with E-state index in [-0.39, 0.29) is 10.0 Å². The summed E-state index contributed by atoms with van der Waals surface area (Å²) in [4.78, 5) is 11.7. The van der Waals surface area contributed by atoms with Crippen molar-refractivity contribution in [3.8, 4) is 0 Å². The van der Waals surface area contributed by atoms with Gasteiger partial charge in [-0.05, 0) is 29.3 Å². The molecule has 2 aromatic rings. The van der Waals surface area contributed by atoms with Crippen molar-refractivity contribution in [2.24, 2.45) is 0 Å². The van der Waals surface area contributed by atoms with E-state index < -0.39 is 16.1 Å². The number of nitrogens with one attached hydrogen (secondary N) is 1. The van der Waals surface area contributed by atoms with E-state index in [2.05, 4.69) is 4.72 Å². The van der Waals surface area contributed by atoms with Gasteiger partial charge in [0.15, 0.2) is 0 Å². The molecule has 20 heavy (non-hydrogen) atoms. The average molecular weight is 307 g/mol. The summed E-state index contributed by atoms with van der Waals surface area (Å²) in [6, 6.07) is 11.9. The van der Waals surface area contributed by atoms with Crippen molar-refractivity contribution in [1.29, 1.82) is 0 Å². The molecule has 2 aromatic carbocycles. The largest absolute Gasteiger partial charge is 0.285 e. The molecule has 6 heteroatoms. The Morgan fingerprint density at radius 2 is 1.85 bits per heavy atom. The van der Waals surface area contributed by atoms with E-state index in [4.69, 9.17) is 0 Å². The Balaban J connectivity index is 1.94. The molecule has 3 rings (SSSR count). The average Bonchev–Trinajstić information content (AvgIpc) is 2.83. The summed E-state index contributed by atoms with van der Waals surface area (Å²) < 4.78 is 27.1. The standard InChI is InChI=1S/C14H13NO3S2/c16-14-13(7-8-19-14)15-20(17,18)12-6-5-10-3-1-2-4-11(10)9-12/h1-6,9,13,15H,7-8H2. The number of carbonyl (C=O) groups is 1. The summed E-state index contributed by atoms with van der Waals surface area (Å²) in [5.74, 6) is 0.670. The van der Waals surface area contributed by atoms with Crippen molar-refractivity contribution in [1.82, 2.24) is 4.72 Å². The monoisotopic (exact) mass is 307 g/mol. The predicted octanol–water partition coefficient (Wildman–Crippen LogP) is 2.15. The van der Waals surface area contributed by atoms with Crippen LogP contribution in [0.25, 0.3) is 10.8 Å². The summed E-state index contributed by atoms with van der Waals surface area (Å²) in [6.07, 6.45) is 0.552. The van der Waals surface area contributed by atoms with E-state index in [9.17, 15) is 13.2 Å². The van der Waals surface area contributed by atoms with Crippen LogP contribution in [0.5, 0.6) is 0 Å². The molecule has 0 amide bonds. The van der Waals surface area contributed by atoms with Crippen molar-refractivity contribution in [2.75, 3.05) is 5.75 Å². The van der Waals surface area contributed by atoms with Crippen LogP contribution in [0.1, 0.15) is 6.42 Å². The number of thioether (sulfide) groups is 1. The van der Waals surface area contributed by atoms with Gasteiger partial charge < -0.3 is 0 Å². The first-order chi connectivity index (χ1) is 9.56. The minimum Gasteiger partial charge on any atom is -0.285 e. The molecular weight excluding hydrogens is 294 g/mol. The van der Waals surface area contributed by atoms with Gasteiger partial charge in [0, 0.05) is 5.75 Å². The number of rotatable bonds is 3. The summed E-state index contributed by atoms with van der Waals surface area (Å²) >= 11 is 1.18. The summed E-state index contributed by atoms with van der Waals surface area (Å²) in [5, 5.41) is 1.75. The van der Waals surface area contributed by atoms with E-state index >= 15 is 0 Å². The minimum absolute atomic E-state index is 0.102. The van der Waals surface area contributed by atoms with Crippen LogP contribution in [0.15, 0.2) is 47.4 Å². The molecule has 1 N–H and O–H groups in total. The Morgan fingerprint density at radius 3 is 2.55 bits per heavy atom. The lowest BCUT2D eigenvalue weighted by Gasteiger charge is -2.11. The maximum Gasteiger partial charge on any atom is 0.241 e. The van der Waals surface area contributed by atoms with Crippen LogP contribution in [0.4, 0.5) is 0 Å². The van der Waals surface area contributed by atoms with E-state index in [0.29, 0.717) is 12.2 Å². The minimum atomic E-state index is -3.65. The van der Waals surface area contributed by atoms with E-state index in [1.165, 1.54) is 11.8 Å². The molecule has 1 unspecified atom stereocenters. The molecule has 0 radical (unpaired) electrons. The lowest BCUT2D eigenvalue weighted by atomic mass is 10.1. The molecule has 1 fully saturated rings. The summed E-state index contributed by atoms with van der Waals surface area (Å²) in [5.41, 5.74) is 0. The van der Waals surface area contributed by atoms with Crippen LogP contribution in [-0.4, -0.2) is 25.3 Å². The Hall–Kier alpha value is -1.37. The molecule has 1 aliphatic heterocycles. The molecule has 1 atom stereocenters. The van der Waals surface area contributed by atoms with Gasteiger partial charge in [0.05, 0.1) is 10.9 Å². The van der Waals surface area contributed by atoms with Crippen molar-refractivity contribution in [2.45, 2.75) is 17.4 Å². The lowest BCUT2D eigenvalue weighted by Crippen LogP contribution is -2.37. The zero-order valence-corrected chi connectivity index (χ0v) is 12.2. The molecule has 1 aliphatic rings. The van der Waals surface area contributed by atoms with Crippen molar-refractivity contribution >= 4 is 37.7 Å². The predicted molar refractivity (Wildman–Crippen MR) is 80.1 cm³/mol. The Kier molecular flexibility index (Phi) is 3.54. The third-order valence-corrected chi connectivity index (χ3v) is 5.74. The van der Waals surface area contributed by atoms with E-state index in [1.807, 2.05) is 24.3 Å². The number of benzene rings is 2. The van der Waals surface area contributed by atoms with E-state index in [1.54, 1.807) is 18.2 Å². The molecule has 0 bridgehead atoms. The molecule has 1 saturated heterocycles. The van der Waals surface area contributed by atoms with Gasteiger partial charge in [0.2, 0.25) is 15.1 Å². The maximum atomic E-state index is 12.3. The van der Waals surface area contributed by atoms with Crippen LogP contribution < -0.4 is 4.72 Å². The molecular formula is C14H13NO3S2. The first-order valence-electron chi connectivity index (χ1n) is 6.24. The summed E-state index contributed by atoms with van der Waals surface area (Å²) in [7, 11) is -3.65. The highest BCUT2D eigenvalue weighted by atomic mass is 32.2. The third-order valence-electron chi connectivity index (χ3n) is 3.26. The van der Waals surface area contributed by atoms with Crippen LogP contribution in [0.2, 0.25) is 0 Å². The number of carbonyl (C=O) groups excluding carboxylic acids is 1. The highest BCUT2D eigenvalue weighted by Crippen LogP contribution is 2.23. The van der Waals surface area contributed by atoms with Crippen LogP contribution in [-0.2, 0) is 14.8 Å². The van der Waals surface area contributed by atoms with Gasteiger partial charge in [-0.15, -0.1) is 0 Å². The lowest BCUT2D eigenvalue weighted by molar-refractivity contribution is -0.111. The van der Waals surface area contributed by atoms with Crippen LogP contribution >= 0.6 is 11.8 Å². The number of fused-ring (bicyclic) bond motifs is 1. The van der Waals surface area contributed by atoms with Gasteiger partial charge in [0.1, 0.15) is 0 Å². The van der Waals surface area contributed by atoms with Gasteiger partial charge in [-0.1, -0.05) is 42.1 Å².